The molecule has 150 valence electrons. The highest BCUT2D eigenvalue weighted by Gasteiger charge is 2.15. The van der Waals surface area contributed by atoms with E-state index in [0.717, 1.165) is 39.2 Å². The van der Waals surface area contributed by atoms with Crippen molar-refractivity contribution in [1.29, 1.82) is 0 Å². The van der Waals surface area contributed by atoms with Crippen molar-refractivity contribution in [2.75, 3.05) is 0 Å². The fourth-order valence-corrected chi connectivity index (χ4v) is 3.54. The number of halogens is 1. The third-order valence-corrected chi connectivity index (χ3v) is 5.23. The maximum absolute atomic E-state index is 11.2. The molecule has 0 aliphatic heterocycles. The van der Waals surface area contributed by atoms with Gasteiger partial charge >= 0.3 is 5.97 Å². The summed E-state index contributed by atoms with van der Waals surface area (Å²) in [5.74, 6) is -0.970. The Morgan fingerprint density at radius 2 is 1.48 bits per heavy atom. The van der Waals surface area contributed by atoms with Crippen LogP contribution < -0.4 is 0 Å². The third kappa shape index (κ3) is 3.65. The zero-order valence-corrected chi connectivity index (χ0v) is 16.9. The lowest BCUT2D eigenvalue weighted by Crippen LogP contribution is -2.01. The van der Waals surface area contributed by atoms with Gasteiger partial charge in [0.15, 0.2) is 0 Å². The number of hydrogen-bond donors (Lipinski definition) is 1. The molecule has 5 aromatic rings. The molecule has 0 aliphatic rings. The number of carboxylic acids is 1. The van der Waals surface area contributed by atoms with E-state index in [1.165, 1.54) is 0 Å². The Kier molecular flexibility index (Phi) is 4.69. The van der Waals surface area contributed by atoms with Crippen molar-refractivity contribution < 1.29 is 9.90 Å². The summed E-state index contributed by atoms with van der Waals surface area (Å²) in [7, 11) is 0. The fraction of sp³-hybridized carbons (Fsp3) is 0. The number of hydrogen-bond acceptors (Lipinski definition) is 4. The maximum Gasteiger partial charge on any atom is 0.335 e. The van der Waals surface area contributed by atoms with Gasteiger partial charge in [0, 0.05) is 28.5 Å². The molecule has 6 nitrogen and oxygen atoms in total. The van der Waals surface area contributed by atoms with Gasteiger partial charge in [-0.15, -0.1) is 0 Å². The Balaban J connectivity index is 1.68. The van der Waals surface area contributed by atoms with Crippen LogP contribution in [0.15, 0.2) is 85.2 Å². The lowest BCUT2D eigenvalue weighted by molar-refractivity contribution is 0.0697. The van der Waals surface area contributed by atoms with Crippen LogP contribution in [0.1, 0.15) is 10.4 Å². The zero-order chi connectivity index (χ0) is 21.4. The summed E-state index contributed by atoms with van der Waals surface area (Å²) in [6, 6.07) is 21.9. The summed E-state index contributed by atoms with van der Waals surface area (Å²) in [4.78, 5) is 20.0. The predicted molar refractivity (Wildman–Crippen MR) is 120 cm³/mol. The van der Waals surface area contributed by atoms with Crippen LogP contribution in [-0.4, -0.2) is 30.8 Å². The van der Waals surface area contributed by atoms with Crippen LogP contribution in [0.5, 0.6) is 0 Å². The van der Waals surface area contributed by atoms with E-state index in [-0.39, 0.29) is 5.56 Å². The second kappa shape index (κ2) is 7.66. The number of rotatable bonds is 4. The molecule has 2 aromatic heterocycles. The van der Waals surface area contributed by atoms with Crippen molar-refractivity contribution in [3.05, 3.63) is 95.8 Å². The third-order valence-electron chi connectivity index (χ3n) is 4.97. The molecule has 0 atom stereocenters. The molecule has 0 fully saturated rings. The van der Waals surface area contributed by atoms with E-state index >= 15 is 0 Å². The Morgan fingerprint density at radius 1 is 0.806 bits per heavy atom. The molecule has 0 saturated heterocycles. The van der Waals surface area contributed by atoms with E-state index in [9.17, 15) is 9.90 Å². The standard InChI is InChI=1S/C24H15ClN4O2/c25-18-6-1-15(2-7-18)21-14-23(17-5-10-20-22(13-17)27-12-11-26-20)29(28-21)19-8-3-16(4-9-19)24(30)31/h1-14H,(H,30,31). The normalized spacial score (nSPS) is 11.0. The van der Waals surface area contributed by atoms with Crippen LogP contribution in [0, 0.1) is 0 Å². The molecule has 1 N–H and O–H groups in total. The molecule has 0 amide bonds. The van der Waals surface area contributed by atoms with Gasteiger partial charge in [-0.05, 0) is 54.6 Å². The highest BCUT2D eigenvalue weighted by molar-refractivity contribution is 6.30. The van der Waals surface area contributed by atoms with Gasteiger partial charge in [-0.2, -0.15) is 5.10 Å². The molecule has 0 radical (unpaired) electrons. The van der Waals surface area contributed by atoms with Gasteiger partial charge in [0.2, 0.25) is 0 Å². The first-order chi connectivity index (χ1) is 15.1. The molecule has 5 rings (SSSR count). The lowest BCUT2D eigenvalue weighted by atomic mass is 10.1. The Hall–Kier alpha value is -4.03. The summed E-state index contributed by atoms with van der Waals surface area (Å²) < 4.78 is 1.80. The van der Waals surface area contributed by atoms with Crippen molar-refractivity contribution in [3.8, 4) is 28.2 Å². The van der Waals surface area contributed by atoms with E-state index in [4.69, 9.17) is 16.7 Å². The largest absolute Gasteiger partial charge is 0.478 e. The zero-order valence-electron chi connectivity index (χ0n) is 16.1. The van der Waals surface area contributed by atoms with Gasteiger partial charge in [0.05, 0.1) is 33.7 Å². The quantitative estimate of drug-likeness (QED) is 0.410. The van der Waals surface area contributed by atoms with Crippen molar-refractivity contribution >= 4 is 28.6 Å². The Morgan fingerprint density at radius 3 is 2.19 bits per heavy atom. The lowest BCUT2D eigenvalue weighted by Gasteiger charge is -2.08. The molecule has 3 aromatic carbocycles. The first kappa shape index (κ1) is 19.0. The predicted octanol–water partition coefficient (Wildman–Crippen LogP) is 5.50. The molecule has 7 heteroatoms. The van der Waals surface area contributed by atoms with Crippen LogP contribution >= 0.6 is 11.6 Å². The van der Waals surface area contributed by atoms with Crippen molar-refractivity contribution in [2.45, 2.75) is 0 Å². The van der Waals surface area contributed by atoms with Crippen molar-refractivity contribution in [3.63, 3.8) is 0 Å². The topological polar surface area (TPSA) is 80.9 Å². The summed E-state index contributed by atoms with van der Waals surface area (Å²) in [5.41, 5.74) is 6.02. The van der Waals surface area contributed by atoms with E-state index < -0.39 is 5.97 Å². The fourth-order valence-electron chi connectivity index (χ4n) is 3.41. The molecule has 0 aliphatic carbocycles. The van der Waals surface area contributed by atoms with Gasteiger partial charge in [0.1, 0.15) is 0 Å². The van der Waals surface area contributed by atoms with Crippen LogP contribution in [0.3, 0.4) is 0 Å². The number of aromatic nitrogens is 4. The van der Waals surface area contributed by atoms with E-state index in [1.807, 2.05) is 48.5 Å². The molecule has 0 saturated carbocycles. The first-order valence-corrected chi connectivity index (χ1v) is 9.87. The molecular weight excluding hydrogens is 412 g/mol. The summed E-state index contributed by atoms with van der Waals surface area (Å²) in [5, 5.41) is 14.7. The number of fused-ring (bicyclic) bond motifs is 1. The minimum Gasteiger partial charge on any atom is -0.478 e. The van der Waals surface area contributed by atoms with Gasteiger partial charge in [-0.1, -0.05) is 29.8 Å². The highest BCUT2D eigenvalue weighted by Crippen LogP contribution is 2.30. The number of nitrogens with zero attached hydrogens (tertiary/aromatic N) is 4. The average Bonchev–Trinajstić information content (AvgIpc) is 3.25. The number of carbonyl (C=O) groups is 1. The first-order valence-electron chi connectivity index (χ1n) is 9.49. The number of aromatic carboxylic acids is 1. The molecule has 2 heterocycles. The summed E-state index contributed by atoms with van der Waals surface area (Å²) in [6.07, 6.45) is 3.32. The van der Waals surface area contributed by atoms with E-state index in [1.54, 1.807) is 41.3 Å². The van der Waals surface area contributed by atoms with Gasteiger partial charge in [-0.25, -0.2) is 9.48 Å². The van der Waals surface area contributed by atoms with Crippen molar-refractivity contribution in [2.24, 2.45) is 0 Å². The van der Waals surface area contributed by atoms with E-state index in [0.29, 0.717) is 5.02 Å². The second-order valence-electron chi connectivity index (χ2n) is 6.95. The van der Waals surface area contributed by atoms with E-state index in [2.05, 4.69) is 9.97 Å². The van der Waals surface area contributed by atoms with Crippen LogP contribution in [0.2, 0.25) is 5.02 Å². The second-order valence-corrected chi connectivity index (χ2v) is 7.38. The molecule has 0 bridgehead atoms. The minimum atomic E-state index is -0.970. The maximum atomic E-state index is 11.2. The van der Waals surface area contributed by atoms with Gasteiger partial charge < -0.3 is 5.11 Å². The van der Waals surface area contributed by atoms with Gasteiger partial charge in [-0.3, -0.25) is 9.97 Å². The average molecular weight is 427 g/mol. The van der Waals surface area contributed by atoms with Crippen LogP contribution in [-0.2, 0) is 0 Å². The highest BCUT2D eigenvalue weighted by atomic mass is 35.5. The molecule has 0 spiro atoms. The van der Waals surface area contributed by atoms with Crippen molar-refractivity contribution in [1.82, 2.24) is 19.7 Å². The SMILES string of the molecule is O=C(O)c1ccc(-n2nc(-c3ccc(Cl)cc3)cc2-c2ccc3nccnc3c2)cc1. The summed E-state index contributed by atoms with van der Waals surface area (Å²) >= 11 is 6.04. The Labute approximate surface area is 182 Å². The Bertz CT molecular complexity index is 1410. The molecule has 31 heavy (non-hydrogen) atoms. The minimum absolute atomic E-state index is 0.219. The number of carboxylic acid groups (broad SMARTS) is 1. The number of benzene rings is 3. The molecule has 0 unspecified atom stereocenters. The summed E-state index contributed by atoms with van der Waals surface area (Å²) in [6.45, 7) is 0. The van der Waals surface area contributed by atoms with Crippen LogP contribution in [0.4, 0.5) is 0 Å². The molecular formula is C24H15ClN4O2. The van der Waals surface area contributed by atoms with Gasteiger partial charge in [0.25, 0.3) is 0 Å². The monoisotopic (exact) mass is 426 g/mol. The smallest absolute Gasteiger partial charge is 0.335 e. The van der Waals surface area contributed by atoms with Crippen LogP contribution in [0.25, 0.3) is 39.2 Å².